The summed E-state index contributed by atoms with van der Waals surface area (Å²) >= 11 is 5.83. The van der Waals surface area contributed by atoms with E-state index in [4.69, 9.17) is 0 Å². The van der Waals surface area contributed by atoms with E-state index in [2.05, 4.69) is 28.2 Å². The number of alkyl halides is 1. The Bertz CT molecular complexity index is 1210. The summed E-state index contributed by atoms with van der Waals surface area (Å²) in [4.78, 5) is 45.0. The number of nitrogens with zero attached hydrogens (tertiary/aromatic N) is 2. The molecule has 37 heavy (non-hydrogen) atoms. The minimum absolute atomic E-state index is 0.0234. The van der Waals surface area contributed by atoms with E-state index in [0.29, 0.717) is 5.56 Å². The van der Waals surface area contributed by atoms with Crippen LogP contribution < -0.4 is 10.6 Å². The van der Waals surface area contributed by atoms with Gasteiger partial charge in [0, 0.05) is 29.8 Å². The van der Waals surface area contributed by atoms with E-state index in [1.807, 2.05) is 6.92 Å². The minimum Gasteiger partial charge on any atom is -0.391 e. The van der Waals surface area contributed by atoms with Crippen molar-refractivity contribution in [1.29, 1.82) is 0 Å². The first kappa shape index (κ1) is 27.5. The third-order valence-electron chi connectivity index (χ3n) is 6.70. The lowest BCUT2D eigenvalue weighted by molar-refractivity contribution is -0.143. The van der Waals surface area contributed by atoms with Crippen molar-refractivity contribution in [2.45, 2.75) is 75.2 Å². The van der Waals surface area contributed by atoms with Gasteiger partial charge in [0.15, 0.2) is 5.67 Å². The fourth-order valence-electron chi connectivity index (χ4n) is 4.32. The van der Waals surface area contributed by atoms with Crippen molar-refractivity contribution >= 4 is 41.7 Å². The van der Waals surface area contributed by atoms with Crippen molar-refractivity contribution in [1.82, 2.24) is 20.5 Å². The predicted molar refractivity (Wildman–Crippen MR) is 138 cm³/mol. The number of benzene rings is 1. The van der Waals surface area contributed by atoms with Crippen molar-refractivity contribution < 1.29 is 28.3 Å². The van der Waals surface area contributed by atoms with Crippen molar-refractivity contribution in [3.8, 4) is 10.4 Å². The van der Waals surface area contributed by atoms with Crippen molar-refractivity contribution in [3.05, 3.63) is 40.8 Å². The number of amides is 3. The van der Waals surface area contributed by atoms with Gasteiger partial charge in [0.05, 0.1) is 22.2 Å². The molecule has 2 heterocycles. The van der Waals surface area contributed by atoms with Crippen LogP contribution in [0.2, 0.25) is 0 Å². The first-order chi connectivity index (χ1) is 17.3. The van der Waals surface area contributed by atoms with Crippen LogP contribution in [0.1, 0.15) is 44.4 Å². The lowest BCUT2D eigenvalue weighted by Crippen LogP contribution is -2.60. The van der Waals surface area contributed by atoms with E-state index >= 15 is 0 Å². The number of thiazole rings is 1. The third kappa shape index (κ3) is 5.96. The topological polar surface area (TPSA) is 112 Å². The maximum absolute atomic E-state index is 14.8. The Labute approximate surface area is 223 Å². The molecule has 1 aliphatic heterocycles. The molecule has 0 bridgehead atoms. The molecule has 2 aliphatic rings. The molecule has 1 aliphatic carbocycles. The van der Waals surface area contributed by atoms with Gasteiger partial charge in [-0.05, 0) is 45.2 Å². The van der Waals surface area contributed by atoms with E-state index in [9.17, 15) is 28.3 Å². The summed E-state index contributed by atoms with van der Waals surface area (Å²) in [5.41, 5.74) is 1.44. The van der Waals surface area contributed by atoms with E-state index in [1.165, 1.54) is 22.3 Å². The molecule has 4 rings (SSSR count). The lowest BCUT2D eigenvalue weighted by atomic mass is 10.0. The third-order valence-corrected chi connectivity index (χ3v) is 7.94. The zero-order chi connectivity index (χ0) is 27.1. The molecule has 3 amide bonds. The van der Waals surface area contributed by atoms with Crippen molar-refractivity contribution in [3.63, 3.8) is 0 Å². The highest BCUT2D eigenvalue weighted by molar-refractivity contribution is 7.81. The molecule has 8 nitrogen and oxygen atoms in total. The van der Waals surface area contributed by atoms with E-state index in [1.54, 1.807) is 31.5 Å². The zero-order valence-electron chi connectivity index (χ0n) is 20.8. The number of aryl methyl sites for hydroxylation is 1. The number of carbonyl (C=O) groups excluding carboxylic acids is 3. The largest absolute Gasteiger partial charge is 0.391 e. The molecule has 200 valence electrons. The number of nitrogens with one attached hydrogen (secondary N) is 2. The molecule has 12 heteroatoms. The molecule has 1 aromatic carbocycles. The van der Waals surface area contributed by atoms with Gasteiger partial charge in [-0.1, -0.05) is 12.1 Å². The number of aliphatic hydroxyl groups excluding tert-OH is 1. The Hall–Kier alpha value is -2.57. The lowest BCUT2D eigenvalue weighted by Gasteiger charge is -2.35. The Morgan fingerprint density at radius 2 is 2.05 bits per heavy atom. The second-order valence-corrected chi connectivity index (χ2v) is 12.2. The number of halogens is 2. The standard InChI is InChI=1S/C25H30F2N4O4S2/c1-13-19(37-12-29-13)14-4-5-15(17(26)8-14)10-28-21(33)18-9-16(32)11-31(18)22(34)20(24(2,3)36)30-23(35)25(27)6-7-25/h4-5,8,12,16,18,20,32,36H,6-7,9-11H2,1-3H3,(H,28,33)(H,30,35)/t16-,18+,20-/m1/s1. The van der Waals surface area contributed by atoms with Crippen molar-refractivity contribution in [2.75, 3.05) is 6.54 Å². The summed E-state index contributed by atoms with van der Waals surface area (Å²) in [6, 6.07) is 2.45. The maximum atomic E-state index is 14.8. The maximum Gasteiger partial charge on any atom is 0.258 e. The van der Waals surface area contributed by atoms with E-state index < -0.39 is 52.1 Å². The van der Waals surface area contributed by atoms with Crippen LogP contribution in [0.25, 0.3) is 10.4 Å². The van der Waals surface area contributed by atoms with Crippen LogP contribution in [0.15, 0.2) is 23.7 Å². The van der Waals surface area contributed by atoms with Crippen LogP contribution in [0.3, 0.4) is 0 Å². The SMILES string of the molecule is Cc1ncsc1-c1ccc(CNC(=O)[C@@H]2C[C@@H](O)CN2C(=O)[C@@H](NC(=O)C2(F)CC2)C(C)(C)S)c(F)c1. The Morgan fingerprint density at radius 3 is 2.62 bits per heavy atom. The van der Waals surface area contributed by atoms with Gasteiger partial charge < -0.3 is 20.6 Å². The van der Waals surface area contributed by atoms with Crippen LogP contribution in [0.4, 0.5) is 8.78 Å². The van der Waals surface area contributed by atoms with Gasteiger partial charge in [-0.15, -0.1) is 11.3 Å². The monoisotopic (exact) mass is 552 g/mol. The van der Waals surface area contributed by atoms with E-state index in [0.717, 1.165) is 10.6 Å². The molecule has 2 fully saturated rings. The number of aliphatic hydroxyl groups is 1. The average molecular weight is 553 g/mol. The van der Waals surface area contributed by atoms with Gasteiger partial charge in [0.25, 0.3) is 5.91 Å². The zero-order valence-corrected chi connectivity index (χ0v) is 22.5. The molecule has 3 N–H and O–H groups in total. The number of β-amino-alcohol motifs (C(OH)–C–C–N with tert-alkyl or cyclic N) is 1. The number of rotatable bonds is 8. The second kappa shape index (κ2) is 10.3. The number of carbonyl (C=O) groups is 3. The van der Waals surface area contributed by atoms with Crippen LogP contribution in [-0.2, 0) is 20.9 Å². The number of hydrogen-bond acceptors (Lipinski definition) is 7. The molecule has 1 saturated carbocycles. The molecule has 0 radical (unpaired) electrons. The first-order valence-corrected chi connectivity index (χ1v) is 13.3. The molecule has 1 aromatic heterocycles. The summed E-state index contributed by atoms with van der Waals surface area (Å²) in [5, 5.41) is 15.3. The summed E-state index contributed by atoms with van der Waals surface area (Å²) in [6.07, 6.45) is -0.818. The highest BCUT2D eigenvalue weighted by Crippen LogP contribution is 2.40. The fourth-order valence-corrected chi connectivity index (χ4v) is 5.30. The highest BCUT2D eigenvalue weighted by Gasteiger charge is 2.53. The first-order valence-electron chi connectivity index (χ1n) is 12.0. The molecule has 3 atom stereocenters. The number of thiol groups is 1. The summed E-state index contributed by atoms with van der Waals surface area (Å²) < 4.78 is 28.0. The second-order valence-electron chi connectivity index (χ2n) is 10.2. The summed E-state index contributed by atoms with van der Waals surface area (Å²) in [7, 11) is 0. The Morgan fingerprint density at radius 1 is 1.35 bits per heavy atom. The number of hydrogen-bond donors (Lipinski definition) is 4. The molecule has 0 unspecified atom stereocenters. The molecular formula is C25H30F2N4O4S2. The van der Waals surface area contributed by atoms with E-state index in [-0.39, 0.29) is 37.9 Å². The van der Waals surface area contributed by atoms with Crippen LogP contribution in [0.5, 0.6) is 0 Å². The molecule has 1 saturated heterocycles. The highest BCUT2D eigenvalue weighted by atomic mass is 32.1. The molecule has 2 aromatic rings. The summed E-state index contributed by atoms with van der Waals surface area (Å²) in [5.74, 6) is -2.60. The average Bonchev–Trinajstić information content (AvgIpc) is 3.23. The van der Waals surface area contributed by atoms with Gasteiger partial charge in [0.1, 0.15) is 17.9 Å². The fraction of sp³-hybridized carbons (Fsp3) is 0.520. The van der Waals surface area contributed by atoms with Gasteiger partial charge in [-0.2, -0.15) is 12.6 Å². The Balaban J connectivity index is 1.45. The minimum atomic E-state index is -1.99. The molecular weight excluding hydrogens is 522 g/mol. The summed E-state index contributed by atoms with van der Waals surface area (Å²) in [6.45, 7) is 4.78. The van der Waals surface area contributed by atoms with Crippen molar-refractivity contribution in [2.24, 2.45) is 0 Å². The van der Waals surface area contributed by atoms with Crippen LogP contribution in [0, 0.1) is 12.7 Å². The van der Waals surface area contributed by atoms with Gasteiger partial charge in [-0.3, -0.25) is 14.4 Å². The normalized spacial score (nSPS) is 21.4. The Kier molecular flexibility index (Phi) is 7.64. The predicted octanol–water partition coefficient (Wildman–Crippen LogP) is 2.53. The number of aromatic nitrogens is 1. The smallest absolute Gasteiger partial charge is 0.258 e. The van der Waals surface area contributed by atoms with Crippen LogP contribution in [-0.4, -0.2) is 67.9 Å². The van der Waals surface area contributed by atoms with Gasteiger partial charge in [0.2, 0.25) is 11.8 Å². The number of likely N-dealkylation sites (tertiary alicyclic amines) is 1. The van der Waals surface area contributed by atoms with Gasteiger partial charge in [-0.25, -0.2) is 13.8 Å². The van der Waals surface area contributed by atoms with Crippen LogP contribution >= 0.6 is 24.0 Å². The van der Waals surface area contributed by atoms with Gasteiger partial charge >= 0.3 is 0 Å². The molecule has 0 spiro atoms. The quantitative estimate of drug-likeness (QED) is 0.376.